The first kappa shape index (κ1) is 26.8. The minimum atomic E-state index is -4.48. The van der Waals surface area contributed by atoms with E-state index in [-0.39, 0.29) is 6.54 Å². The van der Waals surface area contributed by atoms with Crippen molar-refractivity contribution in [1.82, 2.24) is 9.97 Å². The average molecular weight is 547 g/mol. The summed E-state index contributed by atoms with van der Waals surface area (Å²) in [5.74, 6) is 6.63. The van der Waals surface area contributed by atoms with E-state index in [9.17, 15) is 18.0 Å². The molecule has 0 saturated heterocycles. The molecule has 0 saturated carbocycles. The van der Waals surface area contributed by atoms with Gasteiger partial charge < -0.3 is 20.4 Å². The first-order chi connectivity index (χ1) is 19.2. The molecule has 1 aliphatic rings. The Morgan fingerprint density at radius 2 is 1.98 bits per heavy atom. The van der Waals surface area contributed by atoms with E-state index in [1.807, 2.05) is 11.9 Å². The van der Waals surface area contributed by atoms with Gasteiger partial charge in [0.1, 0.15) is 0 Å². The molecule has 0 aliphatic carbocycles. The zero-order valence-electron chi connectivity index (χ0n) is 21.5. The fourth-order valence-electron chi connectivity index (χ4n) is 4.46. The molecule has 11 heteroatoms. The van der Waals surface area contributed by atoms with E-state index in [1.165, 1.54) is 17.4 Å². The number of nitrogens with two attached hydrogens (primary N) is 1. The number of urea groups is 1. The normalized spacial score (nSPS) is 13.2. The molecule has 40 heavy (non-hydrogen) atoms. The molecule has 0 fully saturated rings. The number of nitrogens with zero attached hydrogens (tertiary/aromatic N) is 4. The summed E-state index contributed by atoms with van der Waals surface area (Å²) in [5.41, 5.74) is 7.83. The van der Waals surface area contributed by atoms with E-state index in [2.05, 4.69) is 27.1 Å². The number of aromatic nitrogens is 2. The number of oxazole rings is 1. The fourth-order valence-corrected chi connectivity index (χ4v) is 4.46. The molecule has 4 aromatic rings. The number of carbonyl (C=O) groups excluding carboxylic acids is 1. The lowest BCUT2D eigenvalue weighted by molar-refractivity contribution is -0.137. The predicted molar refractivity (Wildman–Crippen MR) is 147 cm³/mol. The number of hydrogen-bond donors (Lipinski definition) is 2. The van der Waals surface area contributed by atoms with Crippen LogP contribution in [0.15, 0.2) is 71.6 Å². The molecule has 0 unspecified atom stereocenters. The van der Waals surface area contributed by atoms with Crippen molar-refractivity contribution in [3.63, 3.8) is 0 Å². The molecule has 2 amide bonds. The Balaban J connectivity index is 1.51. The van der Waals surface area contributed by atoms with Gasteiger partial charge in [-0.1, -0.05) is 24.0 Å². The zero-order chi connectivity index (χ0) is 28.3. The number of rotatable bonds is 3. The molecule has 0 radical (unpaired) electrons. The SMILES string of the molecule is CN1CCCN(C(=O)Nc2cc(C#CCN)cc(-c3cnco3)c2)c2nc(-c3cccc(C(F)(F)F)c3)ccc21. The van der Waals surface area contributed by atoms with Crippen molar-refractivity contribution < 1.29 is 22.4 Å². The van der Waals surface area contributed by atoms with Gasteiger partial charge in [-0.3, -0.25) is 4.90 Å². The van der Waals surface area contributed by atoms with E-state index in [4.69, 9.17) is 10.2 Å². The van der Waals surface area contributed by atoms with Gasteiger partial charge in [0.25, 0.3) is 0 Å². The second-order valence-corrected chi connectivity index (χ2v) is 9.15. The van der Waals surface area contributed by atoms with E-state index in [1.54, 1.807) is 42.6 Å². The Morgan fingerprint density at radius 3 is 2.73 bits per heavy atom. The summed E-state index contributed by atoms with van der Waals surface area (Å²) in [6.07, 6.45) is -0.961. The zero-order valence-corrected chi connectivity index (χ0v) is 21.5. The second-order valence-electron chi connectivity index (χ2n) is 9.15. The molecular weight excluding hydrogens is 521 g/mol. The van der Waals surface area contributed by atoms with Crippen LogP contribution in [0.2, 0.25) is 0 Å². The number of anilines is 3. The summed E-state index contributed by atoms with van der Waals surface area (Å²) in [5, 5.41) is 2.92. The minimum absolute atomic E-state index is 0.173. The Labute approximate surface area is 228 Å². The van der Waals surface area contributed by atoms with Crippen LogP contribution in [0.3, 0.4) is 0 Å². The summed E-state index contributed by atoms with van der Waals surface area (Å²) >= 11 is 0. The molecule has 2 aromatic heterocycles. The quantitative estimate of drug-likeness (QED) is 0.324. The van der Waals surface area contributed by atoms with E-state index < -0.39 is 17.8 Å². The molecule has 204 valence electrons. The van der Waals surface area contributed by atoms with Gasteiger partial charge in [-0.15, -0.1) is 0 Å². The van der Waals surface area contributed by atoms with Crippen molar-refractivity contribution >= 4 is 23.2 Å². The maximum absolute atomic E-state index is 13.7. The largest absolute Gasteiger partial charge is 0.444 e. The molecule has 8 nitrogen and oxygen atoms in total. The van der Waals surface area contributed by atoms with Gasteiger partial charge in [0, 0.05) is 42.5 Å². The number of halogens is 3. The summed E-state index contributed by atoms with van der Waals surface area (Å²) < 4.78 is 45.4. The first-order valence-electron chi connectivity index (χ1n) is 12.4. The number of carbonyl (C=O) groups is 1. The smallest absolute Gasteiger partial charge is 0.416 e. The Kier molecular flexibility index (Phi) is 7.44. The van der Waals surface area contributed by atoms with Crippen LogP contribution in [0, 0.1) is 11.8 Å². The minimum Gasteiger partial charge on any atom is -0.444 e. The predicted octanol–water partition coefficient (Wildman–Crippen LogP) is 5.61. The molecule has 5 rings (SSSR count). The lowest BCUT2D eigenvalue weighted by Crippen LogP contribution is -2.36. The standard InChI is InChI=1S/C29H25F3N6O2/c1-37-11-4-12-38(27-25(37)9-8-24(36-27)20-6-2-7-22(15-20)29(30,31)32)28(39)35-23-14-19(5-3-10-33)13-21(16-23)26-17-34-18-40-26/h2,6-9,13-18H,4,10-12,33H2,1H3,(H,35,39). The number of fused-ring (bicyclic) bond motifs is 1. The number of amides is 2. The Bertz CT molecular complexity index is 1590. The van der Waals surface area contributed by atoms with Gasteiger partial charge in [0.2, 0.25) is 0 Å². The summed E-state index contributed by atoms with van der Waals surface area (Å²) in [4.78, 5) is 25.8. The van der Waals surface area contributed by atoms with Crippen LogP contribution in [0.25, 0.3) is 22.6 Å². The van der Waals surface area contributed by atoms with Gasteiger partial charge in [0.05, 0.1) is 29.7 Å². The van der Waals surface area contributed by atoms with Crippen molar-refractivity contribution in [3.05, 3.63) is 78.3 Å². The maximum atomic E-state index is 13.7. The molecule has 2 aromatic carbocycles. The number of pyridine rings is 1. The molecule has 3 heterocycles. The van der Waals surface area contributed by atoms with Crippen molar-refractivity contribution in [2.75, 3.05) is 41.8 Å². The summed E-state index contributed by atoms with van der Waals surface area (Å²) in [6, 6.07) is 13.2. The molecule has 0 atom stereocenters. The monoisotopic (exact) mass is 546 g/mol. The Morgan fingerprint density at radius 1 is 1.12 bits per heavy atom. The van der Waals surface area contributed by atoms with Crippen LogP contribution < -0.4 is 20.9 Å². The molecule has 1 aliphatic heterocycles. The van der Waals surface area contributed by atoms with E-state index >= 15 is 0 Å². The Hall–Kier alpha value is -4.82. The lowest BCUT2D eigenvalue weighted by Gasteiger charge is -2.24. The highest BCUT2D eigenvalue weighted by Crippen LogP contribution is 2.36. The molecule has 3 N–H and O–H groups in total. The number of alkyl halides is 3. The highest BCUT2D eigenvalue weighted by Gasteiger charge is 2.31. The number of benzene rings is 2. The summed E-state index contributed by atoms with van der Waals surface area (Å²) in [7, 11) is 1.88. The van der Waals surface area contributed by atoms with E-state index in [0.717, 1.165) is 12.1 Å². The van der Waals surface area contributed by atoms with E-state index in [0.29, 0.717) is 64.8 Å². The lowest BCUT2D eigenvalue weighted by atomic mass is 10.1. The van der Waals surface area contributed by atoms with Crippen LogP contribution in [0.1, 0.15) is 17.5 Å². The third-order valence-electron chi connectivity index (χ3n) is 6.36. The highest BCUT2D eigenvalue weighted by molar-refractivity contribution is 6.03. The first-order valence-corrected chi connectivity index (χ1v) is 12.4. The van der Waals surface area contributed by atoms with Gasteiger partial charge in [-0.2, -0.15) is 13.2 Å². The van der Waals surface area contributed by atoms with Crippen molar-refractivity contribution in [3.8, 4) is 34.4 Å². The van der Waals surface area contributed by atoms with Crippen LogP contribution in [0.5, 0.6) is 0 Å². The summed E-state index contributed by atoms with van der Waals surface area (Å²) in [6.45, 7) is 1.19. The van der Waals surface area contributed by atoms with Gasteiger partial charge in [-0.25, -0.2) is 14.8 Å². The number of nitrogens with one attached hydrogen (secondary N) is 1. The van der Waals surface area contributed by atoms with Crippen LogP contribution in [0.4, 0.5) is 35.2 Å². The fraction of sp³-hybridized carbons (Fsp3) is 0.207. The maximum Gasteiger partial charge on any atom is 0.416 e. The second kappa shape index (κ2) is 11.1. The number of hydrogen-bond acceptors (Lipinski definition) is 6. The van der Waals surface area contributed by atoms with Crippen LogP contribution in [-0.4, -0.2) is 42.7 Å². The molecule has 0 bridgehead atoms. The van der Waals surface area contributed by atoms with Crippen LogP contribution in [-0.2, 0) is 6.18 Å². The topological polar surface area (TPSA) is 101 Å². The average Bonchev–Trinajstić information content (AvgIpc) is 3.43. The molecular formula is C29H25F3N6O2. The van der Waals surface area contributed by atoms with Crippen molar-refractivity contribution in [1.29, 1.82) is 0 Å². The third kappa shape index (κ3) is 5.77. The molecule has 0 spiro atoms. The van der Waals surface area contributed by atoms with Crippen molar-refractivity contribution in [2.24, 2.45) is 5.73 Å². The van der Waals surface area contributed by atoms with Gasteiger partial charge in [-0.05, 0) is 48.9 Å². The highest BCUT2D eigenvalue weighted by atomic mass is 19.4. The van der Waals surface area contributed by atoms with Crippen LogP contribution >= 0.6 is 0 Å². The van der Waals surface area contributed by atoms with Gasteiger partial charge in [0.15, 0.2) is 18.0 Å². The third-order valence-corrected chi connectivity index (χ3v) is 6.36. The van der Waals surface area contributed by atoms with Crippen molar-refractivity contribution in [2.45, 2.75) is 12.6 Å². The van der Waals surface area contributed by atoms with Gasteiger partial charge >= 0.3 is 12.2 Å².